The van der Waals surface area contributed by atoms with Crippen LogP contribution in [-0.4, -0.2) is 22.1 Å². The van der Waals surface area contributed by atoms with Gasteiger partial charge in [-0.05, 0) is 30.0 Å². The first kappa shape index (κ1) is 15.4. The van der Waals surface area contributed by atoms with Gasteiger partial charge in [-0.25, -0.2) is 0 Å². The van der Waals surface area contributed by atoms with E-state index in [1.165, 1.54) is 18.2 Å². The number of carbonyl (C=O) groups excluding carboxylic acids is 1. The van der Waals surface area contributed by atoms with E-state index in [4.69, 9.17) is 0 Å². The van der Waals surface area contributed by atoms with Gasteiger partial charge in [0.15, 0.2) is 5.75 Å². The van der Waals surface area contributed by atoms with Gasteiger partial charge in [0.05, 0.1) is 11.9 Å². The Morgan fingerprint density at radius 3 is 2.78 bits per heavy atom. The van der Waals surface area contributed by atoms with Crippen molar-refractivity contribution in [3.8, 4) is 5.75 Å². The first-order valence-corrected chi connectivity index (χ1v) is 6.97. The quantitative estimate of drug-likeness (QED) is 0.940. The molecule has 8 heteroatoms. The van der Waals surface area contributed by atoms with Crippen molar-refractivity contribution in [2.75, 3.05) is 5.32 Å². The molecule has 0 aliphatic heterocycles. The second-order valence-electron chi connectivity index (χ2n) is 5.43. The maximum Gasteiger partial charge on any atom is 0.573 e. The summed E-state index contributed by atoms with van der Waals surface area (Å²) < 4.78 is 42.7. The third-order valence-corrected chi connectivity index (χ3v) is 3.65. The fraction of sp³-hybridized carbons (Fsp3) is 0.333. The second kappa shape index (κ2) is 5.60. The van der Waals surface area contributed by atoms with E-state index in [0.29, 0.717) is 6.42 Å². The smallest absolute Gasteiger partial charge is 0.404 e. The van der Waals surface area contributed by atoms with Crippen molar-refractivity contribution in [2.45, 2.75) is 18.7 Å². The number of rotatable bonds is 4. The van der Waals surface area contributed by atoms with Crippen LogP contribution < -0.4 is 10.1 Å². The Labute approximate surface area is 130 Å². The number of ether oxygens (including phenoxy) is 1. The number of carbonyl (C=O) groups is 1. The van der Waals surface area contributed by atoms with Gasteiger partial charge in [0.1, 0.15) is 0 Å². The monoisotopic (exact) mass is 325 g/mol. The van der Waals surface area contributed by atoms with Crippen molar-refractivity contribution in [2.24, 2.45) is 13.0 Å². The van der Waals surface area contributed by atoms with E-state index >= 15 is 0 Å². The van der Waals surface area contributed by atoms with E-state index in [1.807, 2.05) is 6.20 Å². The summed E-state index contributed by atoms with van der Waals surface area (Å²) in [6.07, 6.45) is -0.629. The van der Waals surface area contributed by atoms with Crippen LogP contribution in [-0.2, 0) is 11.8 Å². The molecular formula is C15H14F3N3O2. The Morgan fingerprint density at radius 1 is 1.39 bits per heavy atom. The van der Waals surface area contributed by atoms with Crippen molar-refractivity contribution < 1.29 is 22.7 Å². The van der Waals surface area contributed by atoms with Gasteiger partial charge in [0, 0.05) is 19.2 Å². The number of nitrogens with zero attached hydrogens (tertiary/aromatic N) is 2. The standard InChI is InChI=1S/C15H14F3N3O2/c1-21-8-9(7-19-21)10-6-11(10)14(22)20-12-4-2-3-5-13(12)23-15(16,17)18/h2-5,7-8,10-11H,6H2,1H3,(H,20,22)/t10-,11+/m1/s1. The van der Waals surface area contributed by atoms with Crippen molar-refractivity contribution in [1.82, 2.24) is 9.78 Å². The van der Waals surface area contributed by atoms with Crippen LogP contribution in [0.4, 0.5) is 18.9 Å². The molecule has 1 aromatic heterocycles. The Hall–Kier alpha value is -2.51. The number of hydrogen-bond donors (Lipinski definition) is 1. The number of alkyl halides is 3. The molecule has 1 aromatic carbocycles. The van der Waals surface area contributed by atoms with Crippen LogP contribution in [0, 0.1) is 5.92 Å². The molecule has 1 heterocycles. The van der Waals surface area contributed by atoms with Crippen LogP contribution in [0.2, 0.25) is 0 Å². The molecular weight excluding hydrogens is 311 g/mol. The average molecular weight is 325 g/mol. The molecule has 1 saturated carbocycles. The first-order chi connectivity index (χ1) is 10.8. The van der Waals surface area contributed by atoms with Crippen molar-refractivity contribution in [1.29, 1.82) is 0 Å². The zero-order valence-electron chi connectivity index (χ0n) is 12.2. The molecule has 122 valence electrons. The molecule has 3 rings (SSSR count). The second-order valence-corrected chi connectivity index (χ2v) is 5.43. The molecule has 0 spiro atoms. The molecule has 0 saturated heterocycles. The Kier molecular flexibility index (Phi) is 3.75. The third-order valence-electron chi connectivity index (χ3n) is 3.65. The lowest BCUT2D eigenvalue weighted by Crippen LogP contribution is -2.20. The number of benzene rings is 1. The van der Waals surface area contributed by atoms with E-state index in [0.717, 1.165) is 11.6 Å². The number of hydrogen-bond acceptors (Lipinski definition) is 3. The number of halogens is 3. The van der Waals surface area contributed by atoms with Crippen LogP contribution in [0.25, 0.3) is 0 Å². The molecule has 1 N–H and O–H groups in total. The highest BCUT2D eigenvalue weighted by molar-refractivity contribution is 5.96. The van der Waals surface area contributed by atoms with Crippen molar-refractivity contribution in [3.63, 3.8) is 0 Å². The number of aromatic nitrogens is 2. The molecule has 2 atom stereocenters. The number of nitrogens with one attached hydrogen (secondary N) is 1. The predicted molar refractivity (Wildman–Crippen MR) is 75.8 cm³/mol. The van der Waals surface area contributed by atoms with Crippen LogP contribution in [0.1, 0.15) is 17.9 Å². The summed E-state index contributed by atoms with van der Waals surface area (Å²) in [6.45, 7) is 0. The van der Waals surface area contributed by atoms with Crippen LogP contribution in [0.15, 0.2) is 36.7 Å². The van der Waals surface area contributed by atoms with Gasteiger partial charge >= 0.3 is 6.36 Å². The summed E-state index contributed by atoms with van der Waals surface area (Å²) in [4.78, 5) is 12.2. The summed E-state index contributed by atoms with van der Waals surface area (Å²) in [5.74, 6) is -0.957. The fourth-order valence-electron chi connectivity index (χ4n) is 2.49. The molecule has 0 unspecified atom stereocenters. The van der Waals surface area contributed by atoms with Crippen molar-refractivity contribution >= 4 is 11.6 Å². The minimum absolute atomic E-state index is 0.00617. The lowest BCUT2D eigenvalue weighted by molar-refractivity contribution is -0.274. The average Bonchev–Trinajstić information content (AvgIpc) is 3.15. The Bertz CT molecular complexity index is 727. The van der Waals surface area contributed by atoms with Gasteiger partial charge in [-0.3, -0.25) is 9.48 Å². The van der Waals surface area contributed by atoms with Gasteiger partial charge < -0.3 is 10.1 Å². The van der Waals surface area contributed by atoms with Crippen LogP contribution in [0.3, 0.4) is 0 Å². The van der Waals surface area contributed by atoms with E-state index in [1.54, 1.807) is 17.9 Å². The molecule has 1 amide bonds. The molecule has 0 radical (unpaired) electrons. The minimum atomic E-state index is -4.81. The SMILES string of the molecule is Cn1cc([C@H]2C[C@@H]2C(=O)Nc2ccccc2OC(F)(F)F)cn1. The number of para-hydroxylation sites is 2. The topological polar surface area (TPSA) is 56.2 Å². The van der Waals surface area contributed by atoms with Crippen LogP contribution in [0.5, 0.6) is 5.75 Å². The maximum absolute atomic E-state index is 12.4. The highest BCUT2D eigenvalue weighted by Crippen LogP contribution is 2.48. The largest absolute Gasteiger partial charge is 0.573 e. The van der Waals surface area contributed by atoms with E-state index in [9.17, 15) is 18.0 Å². The molecule has 0 bridgehead atoms. The zero-order chi connectivity index (χ0) is 16.6. The van der Waals surface area contributed by atoms with Crippen molar-refractivity contribution in [3.05, 3.63) is 42.2 Å². The molecule has 23 heavy (non-hydrogen) atoms. The molecule has 1 aliphatic rings. The number of anilines is 1. The molecule has 2 aromatic rings. The summed E-state index contributed by atoms with van der Waals surface area (Å²) in [5.41, 5.74) is 0.958. The van der Waals surface area contributed by atoms with Gasteiger partial charge in [-0.2, -0.15) is 5.10 Å². The highest BCUT2D eigenvalue weighted by Gasteiger charge is 2.45. The Morgan fingerprint density at radius 2 is 2.13 bits per heavy atom. The number of amides is 1. The third kappa shape index (κ3) is 3.64. The molecule has 1 fully saturated rings. The zero-order valence-corrected chi connectivity index (χ0v) is 12.2. The summed E-state index contributed by atoms with van der Waals surface area (Å²) >= 11 is 0. The first-order valence-electron chi connectivity index (χ1n) is 6.97. The maximum atomic E-state index is 12.4. The van der Waals surface area contributed by atoms with E-state index < -0.39 is 12.1 Å². The summed E-state index contributed by atoms with van der Waals surface area (Å²) in [6, 6.07) is 5.48. The Balaban J connectivity index is 1.67. The summed E-state index contributed by atoms with van der Waals surface area (Å²) in [7, 11) is 1.78. The van der Waals surface area contributed by atoms with E-state index in [-0.39, 0.29) is 23.4 Å². The lowest BCUT2D eigenvalue weighted by Gasteiger charge is -2.13. The molecule has 5 nitrogen and oxygen atoms in total. The van der Waals surface area contributed by atoms with Gasteiger partial charge in [-0.15, -0.1) is 13.2 Å². The predicted octanol–water partition coefficient (Wildman–Crippen LogP) is 3.06. The van der Waals surface area contributed by atoms with Gasteiger partial charge in [0.2, 0.25) is 5.91 Å². The van der Waals surface area contributed by atoms with Gasteiger partial charge in [-0.1, -0.05) is 12.1 Å². The number of aryl methyl sites for hydroxylation is 1. The fourth-order valence-corrected chi connectivity index (χ4v) is 2.49. The lowest BCUT2D eigenvalue weighted by atomic mass is 10.2. The van der Waals surface area contributed by atoms with Crippen LogP contribution >= 0.6 is 0 Å². The normalized spacial score (nSPS) is 20.2. The summed E-state index contributed by atoms with van der Waals surface area (Å²) in [5, 5.41) is 6.56. The minimum Gasteiger partial charge on any atom is -0.404 e. The highest BCUT2D eigenvalue weighted by atomic mass is 19.4. The van der Waals surface area contributed by atoms with Gasteiger partial charge in [0.25, 0.3) is 0 Å². The molecule has 1 aliphatic carbocycles. The van der Waals surface area contributed by atoms with E-state index in [2.05, 4.69) is 15.2 Å².